The van der Waals surface area contributed by atoms with E-state index in [0.717, 1.165) is 19.3 Å². The molecular formula is C33H47N2+. The third kappa shape index (κ3) is 3.62. The molecule has 0 saturated heterocycles. The summed E-state index contributed by atoms with van der Waals surface area (Å²) in [5.41, 5.74) is 8.77. The lowest BCUT2D eigenvalue weighted by molar-refractivity contribution is -0.768. The number of imidazole rings is 1. The first-order valence-electron chi connectivity index (χ1n) is 14.0. The van der Waals surface area contributed by atoms with Crippen molar-refractivity contribution in [2.45, 2.75) is 117 Å². The van der Waals surface area contributed by atoms with Gasteiger partial charge in [-0.1, -0.05) is 99.6 Å². The minimum Gasteiger partial charge on any atom is -0.223 e. The highest BCUT2D eigenvalue weighted by Gasteiger charge is 2.57. The van der Waals surface area contributed by atoms with Gasteiger partial charge in [0.2, 0.25) is 0 Å². The summed E-state index contributed by atoms with van der Waals surface area (Å²) in [6.07, 6.45) is 8.10. The zero-order valence-corrected chi connectivity index (χ0v) is 23.9. The van der Waals surface area contributed by atoms with Crippen molar-refractivity contribution >= 4 is 0 Å². The van der Waals surface area contributed by atoms with E-state index in [9.17, 15) is 0 Å². The zero-order chi connectivity index (χ0) is 25.7. The quantitative estimate of drug-likeness (QED) is 0.304. The molecule has 0 bridgehead atoms. The van der Waals surface area contributed by atoms with Crippen LogP contribution >= 0.6 is 0 Å². The van der Waals surface area contributed by atoms with E-state index in [0.29, 0.717) is 17.8 Å². The molecule has 1 aliphatic rings. The van der Waals surface area contributed by atoms with Crippen LogP contribution in [0.15, 0.2) is 48.8 Å². The minimum absolute atomic E-state index is 0.0462. The van der Waals surface area contributed by atoms with Gasteiger partial charge in [-0.3, -0.25) is 0 Å². The highest BCUT2D eigenvalue weighted by molar-refractivity contribution is 5.67. The zero-order valence-electron chi connectivity index (χ0n) is 23.9. The maximum Gasteiger partial charge on any atom is 0.294 e. The van der Waals surface area contributed by atoms with Crippen molar-refractivity contribution in [2.24, 2.45) is 0 Å². The fourth-order valence-corrected chi connectivity index (χ4v) is 6.94. The molecule has 0 N–H and O–H groups in total. The second-order valence-corrected chi connectivity index (χ2v) is 11.8. The Labute approximate surface area is 214 Å². The van der Waals surface area contributed by atoms with E-state index in [1.807, 2.05) is 0 Å². The van der Waals surface area contributed by atoms with E-state index >= 15 is 0 Å². The molecule has 188 valence electrons. The maximum atomic E-state index is 2.66. The normalized spacial score (nSPS) is 18.9. The standard InChI is InChI=1S/C33H47N2/c1-11-32(10)29-17-15-14-16-26(29)31-34(18-19-35(31)33(32,12-2)13-3)30-27(23(6)7)20-25(22(4)5)21-28(30)24(8)9/h14-24H,11-13H2,1-10H3/q+1. The number of hydrogen-bond donors (Lipinski definition) is 0. The maximum absolute atomic E-state index is 2.66. The lowest BCUT2D eigenvalue weighted by Crippen LogP contribution is -2.68. The predicted molar refractivity (Wildman–Crippen MR) is 150 cm³/mol. The summed E-state index contributed by atoms with van der Waals surface area (Å²) in [7, 11) is 0. The van der Waals surface area contributed by atoms with Crippen LogP contribution in [0.1, 0.15) is 129 Å². The van der Waals surface area contributed by atoms with Gasteiger partial charge in [-0.05, 0) is 54.2 Å². The van der Waals surface area contributed by atoms with E-state index in [4.69, 9.17) is 0 Å². The Balaban J connectivity index is 2.15. The van der Waals surface area contributed by atoms with Crippen molar-refractivity contribution in [3.8, 4) is 17.1 Å². The molecule has 1 aromatic heterocycles. The van der Waals surface area contributed by atoms with Crippen molar-refractivity contribution in [2.75, 3.05) is 0 Å². The molecule has 0 radical (unpaired) electrons. The van der Waals surface area contributed by atoms with Crippen LogP contribution in [-0.4, -0.2) is 4.57 Å². The van der Waals surface area contributed by atoms with Gasteiger partial charge >= 0.3 is 0 Å². The molecule has 35 heavy (non-hydrogen) atoms. The summed E-state index contributed by atoms with van der Waals surface area (Å²) in [4.78, 5) is 0. The molecule has 3 aromatic rings. The lowest BCUT2D eigenvalue weighted by Gasteiger charge is -2.49. The molecule has 0 spiro atoms. The number of nitrogens with zero attached hydrogens (tertiary/aromatic N) is 2. The third-order valence-electron chi connectivity index (χ3n) is 9.29. The summed E-state index contributed by atoms with van der Waals surface area (Å²) in [6, 6.07) is 14.2. The Morgan fingerprint density at radius 2 is 1.37 bits per heavy atom. The fourth-order valence-electron chi connectivity index (χ4n) is 6.94. The number of benzene rings is 2. The smallest absolute Gasteiger partial charge is 0.223 e. The fraction of sp³-hybridized carbons (Fsp3) is 0.545. The lowest BCUT2D eigenvalue weighted by atomic mass is 9.59. The van der Waals surface area contributed by atoms with Gasteiger partial charge in [0.05, 0.1) is 5.56 Å². The van der Waals surface area contributed by atoms with E-state index < -0.39 is 0 Å². The Bertz CT molecular complexity index is 1180. The van der Waals surface area contributed by atoms with E-state index in [-0.39, 0.29) is 11.0 Å². The molecule has 2 heterocycles. The van der Waals surface area contributed by atoms with Crippen LogP contribution in [0.4, 0.5) is 0 Å². The molecule has 4 rings (SSSR count). The molecule has 1 atom stereocenters. The molecule has 2 heteroatoms. The van der Waals surface area contributed by atoms with Crippen LogP contribution in [0, 0.1) is 0 Å². The molecule has 0 saturated carbocycles. The first kappa shape index (κ1) is 25.7. The van der Waals surface area contributed by atoms with Crippen molar-refractivity contribution < 1.29 is 4.57 Å². The summed E-state index contributed by atoms with van der Waals surface area (Å²) >= 11 is 0. The third-order valence-corrected chi connectivity index (χ3v) is 9.29. The van der Waals surface area contributed by atoms with Crippen LogP contribution < -0.4 is 4.57 Å². The molecular weight excluding hydrogens is 424 g/mol. The summed E-state index contributed by atoms with van der Waals surface area (Å²) in [6.45, 7) is 23.7. The average molecular weight is 472 g/mol. The van der Waals surface area contributed by atoms with Crippen LogP contribution in [0.25, 0.3) is 17.1 Å². The van der Waals surface area contributed by atoms with E-state index in [2.05, 4.69) is 127 Å². The molecule has 0 aliphatic carbocycles. The van der Waals surface area contributed by atoms with Crippen LogP contribution in [0.2, 0.25) is 0 Å². The van der Waals surface area contributed by atoms with Crippen LogP contribution in [-0.2, 0) is 11.0 Å². The van der Waals surface area contributed by atoms with Crippen molar-refractivity contribution in [3.05, 3.63) is 71.0 Å². The highest BCUT2D eigenvalue weighted by atomic mass is 15.2. The van der Waals surface area contributed by atoms with Crippen LogP contribution in [0.3, 0.4) is 0 Å². The largest absolute Gasteiger partial charge is 0.294 e. The molecule has 0 amide bonds. The predicted octanol–water partition coefficient (Wildman–Crippen LogP) is 9.00. The van der Waals surface area contributed by atoms with Gasteiger partial charge < -0.3 is 0 Å². The Morgan fingerprint density at radius 1 is 0.800 bits per heavy atom. The van der Waals surface area contributed by atoms with Gasteiger partial charge in [0, 0.05) is 16.5 Å². The monoisotopic (exact) mass is 471 g/mol. The average Bonchev–Trinajstić information content (AvgIpc) is 3.29. The van der Waals surface area contributed by atoms with Gasteiger partial charge in [-0.25, -0.2) is 4.57 Å². The number of rotatable bonds is 7. The minimum atomic E-state index is 0.0462. The van der Waals surface area contributed by atoms with Crippen LogP contribution in [0.5, 0.6) is 0 Å². The SMILES string of the molecule is CCC1(C)c2ccccc2-c2n(-c3c(C(C)C)cc(C(C)C)cc3C(C)C)cc[n+]2C1(CC)CC. The van der Waals surface area contributed by atoms with Gasteiger partial charge in [-0.2, -0.15) is 4.57 Å². The Hall–Kier alpha value is -2.35. The highest BCUT2D eigenvalue weighted by Crippen LogP contribution is 2.52. The topological polar surface area (TPSA) is 8.81 Å². The number of aromatic nitrogens is 2. The molecule has 0 fully saturated rings. The van der Waals surface area contributed by atoms with Gasteiger partial charge in [0.25, 0.3) is 5.82 Å². The Kier molecular flexibility index (Phi) is 6.81. The second kappa shape index (κ2) is 9.26. The van der Waals surface area contributed by atoms with Gasteiger partial charge in [0.15, 0.2) is 0 Å². The summed E-state index contributed by atoms with van der Waals surface area (Å²) in [5, 5.41) is 0. The number of hydrogen-bond acceptors (Lipinski definition) is 0. The van der Waals surface area contributed by atoms with E-state index in [1.165, 1.54) is 39.3 Å². The molecule has 2 nitrogen and oxygen atoms in total. The molecule has 1 unspecified atom stereocenters. The van der Waals surface area contributed by atoms with Gasteiger partial charge in [-0.15, -0.1) is 0 Å². The van der Waals surface area contributed by atoms with Crippen molar-refractivity contribution in [1.29, 1.82) is 0 Å². The van der Waals surface area contributed by atoms with Crippen molar-refractivity contribution in [3.63, 3.8) is 0 Å². The summed E-state index contributed by atoms with van der Waals surface area (Å²) in [5.74, 6) is 2.76. The first-order valence-corrected chi connectivity index (χ1v) is 14.0. The van der Waals surface area contributed by atoms with Gasteiger partial charge in [0.1, 0.15) is 23.6 Å². The van der Waals surface area contributed by atoms with Crippen molar-refractivity contribution in [1.82, 2.24) is 4.57 Å². The molecule has 2 aromatic carbocycles. The summed E-state index contributed by atoms with van der Waals surface area (Å²) < 4.78 is 5.20. The Morgan fingerprint density at radius 3 is 1.86 bits per heavy atom. The van der Waals surface area contributed by atoms with E-state index in [1.54, 1.807) is 0 Å². The molecule has 1 aliphatic heterocycles. The number of fused-ring (bicyclic) bond motifs is 3. The second-order valence-electron chi connectivity index (χ2n) is 11.8. The first-order chi connectivity index (χ1) is 16.6.